The zero-order valence-electron chi connectivity index (χ0n) is 17.7. The van der Waals surface area contributed by atoms with E-state index in [1.807, 2.05) is 5.32 Å². The van der Waals surface area contributed by atoms with Crippen molar-refractivity contribution in [2.24, 2.45) is 0 Å². The van der Waals surface area contributed by atoms with Gasteiger partial charge in [0, 0.05) is 20.1 Å². The van der Waals surface area contributed by atoms with Crippen molar-refractivity contribution in [2.75, 3.05) is 39.8 Å². The van der Waals surface area contributed by atoms with Gasteiger partial charge in [-0.2, -0.15) is 0 Å². The largest absolute Gasteiger partial charge is 0.530 e. The normalized spacial score (nSPS) is 10.5. The highest BCUT2D eigenvalue weighted by molar-refractivity contribution is 14.0. The Morgan fingerprint density at radius 3 is 1.35 bits per heavy atom. The number of aliphatic hydroxyl groups excluding tert-OH is 1. The lowest BCUT2D eigenvalue weighted by Crippen LogP contribution is -2.51. The highest BCUT2D eigenvalue weighted by Gasteiger charge is 2.25. The molecule has 0 heterocycles. The fourth-order valence-corrected chi connectivity index (χ4v) is 3.17. The van der Waals surface area contributed by atoms with E-state index in [9.17, 15) is 5.11 Å². The Balaban J connectivity index is -0.000000772. The number of halogens is 1. The van der Waals surface area contributed by atoms with Crippen molar-refractivity contribution in [2.45, 2.75) is 85.0 Å². The number of amides is 1. The van der Waals surface area contributed by atoms with E-state index in [4.69, 9.17) is 9.90 Å². The molecule has 0 aromatic carbocycles. The predicted octanol–water partition coefficient (Wildman–Crippen LogP) is 3.92. The van der Waals surface area contributed by atoms with Gasteiger partial charge in [0.1, 0.15) is 6.09 Å². The standard InChI is InChI=1S/C18H40NO.C2H5NO2.HI/c1-4-7-10-14-19(17-13-18-20,15-11-8-5-2)16-12-9-6-3;1-3-2(4)5;/h20H,4-18H2,1-3H3;3H,1H3,(H,4,5);1H/q+1;;/p-1. The zero-order valence-corrected chi connectivity index (χ0v) is 20.1. The molecule has 0 rings (SSSR count). The van der Waals surface area contributed by atoms with Gasteiger partial charge in [0.2, 0.25) is 0 Å². The van der Waals surface area contributed by atoms with Crippen molar-refractivity contribution >= 4 is 30.1 Å². The Morgan fingerprint density at radius 1 is 0.808 bits per heavy atom. The number of carboxylic acid groups (broad SMARTS) is 1. The van der Waals surface area contributed by atoms with Crippen LogP contribution in [0.4, 0.5) is 4.79 Å². The van der Waals surface area contributed by atoms with Crippen LogP contribution in [0.1, 0.15) is 85.0 Å². The molecular formula is C20H45IN2O3. The van der Waals surface area contributed by atoms with E-state index in [0.717, 1.165) is 6.42 Å². The molecule has 160 valence electrons. The minimum Gasteiger partial charge on any atom is -0.530 e. The number of nitrogens with zero attached hydrogens (tertiary/aromatic N) is 1. The van der Waals surface area contributed by atoms with Gasteiger partial charge >= 0.3 is 0 Å². The van der Waals surface area contributed by atoms with Crippen LogP contribution < -0.4 is 10.4 Å². The van der Waals surface area contributed by atoms with Gasteiger partial charge in [0.05, 0.1) is 26.2 Å². The van der Waals surface area contributed by atoms with E-state index in [1.165, 1.54) is 95.5 Å². The van der Waals surface area contributed by atoms with Crippen LogP contribution in [0, 0.1) is 0 Å². The van der Waals surface area contributed by atoms with Crippen LogP contribution in [0.15, 0.2) is 0 Å². The van der Waals surface area contributed by atoms with Crippen molar-refractivity contribution in [1.82, 2.24) is 5.32 Å². The van der Waals surface area contributed by atoms with Crippen molar-refractivity contribution in [1.29, 1.82) is 0 Å². The molecule has 0 aliphatic heterocycles. The Morgan fingerprint density at radius 2 is 1.12 bits per heavy atom. The van der Waals surface area contributed by atoms with Crippen LogP contribution in [0.2, 0.25) is 0 Å². The van der Waals surface area contributed by atoms with Gasteiger partial charge in [-0.05, 0) is 38.5 Å². The fourth-order valence-electron chi connectivity index (χ4n) is 3.17. The number of carbonyl (C=O) groups excluding carboxylic acids is 1. The molecule has 6 heteroatoms. The first kappa shape index (κ1) is 30.6. The number of unbranched alkanes of at least 4 members (excludes halogenated alkanes) is 6. The third kappa shape index (κ3) is 20.2. The molecule has 0 unspecified atom stereocenters. The van der Waals surface area contributed by atoms with Crippen molar-refractivity contribution in [3.8, 4) is 0 Å². The van der Waals surface area contributed by atoms with E-state index in [0.29, 0.717) is 6.61 Å². The van der Waals surface area contributed by atoms with Crippen LogP contribution in [0.3, 0.4) is 0 Å². The summed E-state index contributed by atoms with van der Waals surface area (Å²) in [5, 5.41) is 20.2. The first-order valence-corrected chi connectivity index (χ1v) is 10.4. The Labute approximate surface area is 179 Å². The molecule has 0 aromatic rings. The molecule has 0 bridgehead atoms. The lowest BCUT2D eigenvalue weighted by atomic mass is 10.1. The molecule has 1 amide bonds. The summed E-state index contributed by atoms with van der Waals surface area (Å²) in [6, 6.07) is 0. The maximum atomic E-state index is 9.23. The smallest absolute Gasteiger partial charge is 0.133 e. The maximum absolute atomic E-state index is 9.23. The molecule has 0 saturated carbocycles. The molecule has 0 aliphatic carbocycles. The van der Waals surface area contributed by atoms with Gasteiger partial charge in [-0.3, -0.25) is 0 Å². The van der Waals surface area contributed by atoms with E-state index in [2.05, 4.69) is 20.8 Å². The molecule has 0 radical (unpaired) electrons. The van der Waals surface area contributed by atoms with Crippen molar-refractivity contribution in [3.63, 3.8) is 0 Å². The van der Waals surface area contributed by atoms with Gasteiger partial charge in [0.15, 0.2) is 0 Å². The summed E-state index contributed by atoms with van der Waals surface area (Å²) in [6.07, 6.45) is 11.8. The molecular weight excluding hydrogens is 443 g/mol. The third-order valence-electron chi connectivity index (χ3n) is 4.70. The molecule has 0 saturated heterocycles. The van der Waals surface area contributed by atoms with Crippen LogP contribution >= 0.6 is 24.0 Å². The van der Waals surface area contributed by atoms with Crippen LogP contribution in [-0.2, 0) is 0 Å². The summed E-state index contributed by atoms with van der Waals surface area (Å²) in [5.41, 5.74) is 0. The number of hydrogen-bond donors (Lipinski definition) is 2. The first-order valence-electron chi connectivity index (χ1n) is 10.4. The highest BCUT2D eigenvalue weighted by Crippen LogP contribution is 2.17. The molecule has 0 atom stereocenters. The van der Waals surface area contributed by atoms with Gasteiger partial charge < -0.3 is 24.8 Å². The molecule has 26 heavy (non-hydrogen) atoms. The van der Waals surface area contributed by atoms with Gasteiger partial charge in [-0.25, -0.2) is 0 Å². The minimum atomic E-state index is -1.25. The number of aliphatic hydroxyl groups is 1. The fraction of sp³-hybridized carbons (Fsp3) is 0.950. The van der Waals surface area contributed by atoms with Gasteiger partial charge in [-0.15, -0.1) is 24.0 Å². The molecule has 0 aromatic heterocycles. The second kappa shape index (κ2) is 23.0. The van der Waals surface area contributed by atoms with Crippen molar-refractivity contribution < 1.29 is 19.5 Å². The average Bonchev–Trinajstić information content (AvgIpc) is 2.61. The predicted molar refractivity (Wildman–Crippen MR) is 120 cm³/mol. The van der Waals surface area contributed by atoms with E-state index in [1.54, 1.807) is 0 Å². The van der Waals surface area contributed by atoms with Gasteiger partial charge in [0.25, 0.3) is 0 Å². The summed E-state index contributed by atoms with van der Waals surface area (Å²) >= 11 is 0. The van der Waals surface area contributed by atoms with E-state index in [-0.39, 0.29) is 24.0 Å². The molecule has 0 aliphatic rings. The second-order valence-corrected chi connectivity index (χ2v) is 6.97. The summed E-state index contributed by atoms with van der Waals surface area (Å²) in [7, 11) is 1.29. The first-order chi connectivity index (χ1) is 12.0. The SMILES string of the molecule is CCCCC[N+](CCCO)(CCCCC)CCCCC.CNC(=O)[O-].I. The Bertz CT molecular complexity index is 266. The van der Waals surface area contributed by atoms with Crippen molar-refractivity contribution in [3.05, 3.63) is 0 Å². The summed E-state index contributed by atoms with van der Waals surface area (Å²) < 4.78 is 1.28. The third-order valence-corrected chi connectivity index (χ3v) is 4.70. The number of carbonyl (C=O) groups is 1. The summed E-state index contributed by atoms with van der Waals surface area (Å²) in [5.74, 6) is 0. The van der Waals surface area contributed by atoms with E-state index < -0.39 is 6.09 Å². The van der Waals surface area contributed by atoms with Crippen LogP contribution in [0.5, 0.6) is 0 Å². The minimum absolute atomic E-state index is 0. The zero-order chi connectivity index (χ0) is 19.4. The molecule has 5 nitrogen and oxygen atoms in total. The lowest BCUT2D eigenvalue weighted by Gasteiger charge is -2.39. The number of nitrogens with one attached hydrogen (secondary N) is 1. The number of quaternary nitrogens is 1. The summed E-state index contributed by atoms with van der Waals surface area (Å²) in [4.78, 5) is 9.15. The van der Waals surface area contributed by atoms with Crippen LogP contribution in [-0.4, -0.2) is 55.5 Å². The number of hydrogen-bond acceptors (Lipinski definition) is 3. The van der Waals surface area contributed by atoms with E-state index >= 15 is 0 Å². The monoisotopic (exact) mass is 488 g/mol. The molecule has 0 fully saturated rings. The Kier molecular flexibility index (Phi) is 27.1. The maximum Gasteiger partial charge on any atom is 0.133 e. The Hall–Kier alpha value is -0.0800. The molecule has 0 spiro atoms. The average molecular weight is 488 g/mol. The molecule has 2 N–H and O–H groups in total. The van der Waals surface area contributed by atoms with Crippen LogP contribution in [0.25, 0.3) is 0 Å². The van der Waals surface area contributed by atoms with Gasteiger partial charge in [-0.1, -0.05) is 40.0 Å². The lowest BCUT2D eigenvalue weighted by molar-refractivity contribution is -0.929. The number of rotatable bonds is 15. The second-order valence-electron chi connectivity index (χ2n) is 6.97. The topological polar surface area (TPSA) is 72.4 Å². The summed E-state index contributed by atoms with van der Waals surface area (Å²) in [6.45, 7) is 12.4. The highest BCUT2D eigenvalue weighted by atomic mass is 127. The quantitative estimate of drug-likeness (QED) is 0.209.